The van der Waals surface area contributed by atoms with Gasteiger partial charge in [-0.3, -0.25) is 0 Å². The van der Waals surface area contributed by atoms with Gasteiger partial charge in [-0.1, -0.05) is 6.08 Å². The van der Waals surface area contributed by atoms with Gasteiger partial charge in [-0.2, -0.15) is 0 Å². The molecular weight excluding hydrogens is 156 g/mol. The third kappa shape index (κ3) is 7.72. The van der Waals surface area contributed by atoms with Crippen molar-refractivity contribution < 1.29 is 33.6 Å². The maximum absolute atomic E-state index is 9.86. The SMILES string of the molecule is CC=C(C)C(=O)O.[O]=[Ti]. The average Bonchev–Trinajstić information content (AvgIpc) is 1.91. The molecule has 0 fully saturated rings. The first-order valence-electron chi connectivity index (χ1n) is 2.25. The van der Waals surface area contributed by atoms with E-state index in [1.165, 1.54) is 0 Å². The number of carboxylic acids is 1. The molecule has 1 N–H and O–H groups in total. The van der Waals surface area contributed by atoms with Crippen LogP contribution in [0.25, 0.3) is 0 Å². The third-order valence-electron chi connectivity index (χ3n) is 0.770. The summed E-state index contributed by atoms with van der Waals surface area (Å²) in [6.07, 6.45) is 1.56. The van der Waals surface area contributed by atoms with Crippen molar-refractivity contribution in [3.63, 3.8) is 0 Å². The molecule has 9 heavy (non-hydrogen) atoms. The monoisotopic (exact) mass is 164 g/mol. The zero-order chi connectivity index (χ0) is 7.86. The molecule has 0 amide bonds. The summed E-state index contributed by atoms with van der Waals surface area (Å²) in [4.78, 5) is 9.86. The van der Waals surface area contributed by atoms with Gasteiger partial charge in [-0.25, -0.2) is 4.79 Å². The first-order chi connectivity index (χ1) is 4.18. The van der Waals surface area contributed by atoms with Crippen LogP contribution in [0.4, 0.5) is 0 Å². The van der Waals surface area contributed by atoms with Crippen LogP contribution in [-0.4, -0.2) is 11.1 Å². The first kappa shape index (κ1) is 11.5. The minimum atomic E-state index is -0.845. The van der Waals surface area contributed by atoms with Gasteiger partial charge in [0.2, 0.25) is 0 Å². The van der Waals surface area contributed by atoms with Crippen molar-refractivity contribution in [3.8, 4) is 0 Å². The normalized spacial score (nSPS) is 9.22. The third-order valence-corrected chi connectivity index (χ3v) is 0.770. The van der Waals surface area contributed by atoms with Gasteiger partial charge in [-0.15, -0.1) is 0 Å². The van der Waals surface area contributed by atoms with Gasteiger partial charge in [-0.05, 0) is 13.8 Å². The molecule has 0 saturated heterocycles. The van der Waals surface area contributed by atoms with Gasteiger partial charge in [0.15, 0.2) is 0 Å². The number of rotatable bonds is 1. The summed E-state index contributed by atoms with van der Waals surface area (Å²) in [7, 11) is 0. The van der Waals surface area contributed by atoms with Crippen LogP contribution in [0.15, 0.2) is 11.6 Å². The zero-order valence-electron chi connectivity index (χ0n) is 5.34. The first-order valence-corrected chi connectivity index (χ1v) is 2.89. The maximum atomic E-state index is 9.86. The fourth-order valence-corrected chi connectivity index (χ4v) is 0.123. The molecule has 4 heteroatoms. The molecule has 0 heterocycles. The van der Waals surface area contributed by atoms with E-state index in [-0.39, 0.29) is 0 Å². The summed E-state index contributed by atoms with van der Waals surface area (Å²) < 4.78 is 8.25. The molecule has 0 radical (unpaired) electrons. The van der Waals surface area contributed by atoms with E-state index in [4.69, 9.17) is 8.43 Å². The molecule has 0 aromatic heterocycles. The van der Waals surface area contributed by atoms with Crippen LogP contribution in [0.5, 0.6) is 0 Å². The van der Waals surface area contributed by atoms with E-state index in [1.54, 1.807) is 19.9 Å². The van der Waals surface area contributed by atoms with E-state index in [0.29, 0.717) is 5.57 Å². The zero-order valence-corrected chi connectivity index (χ0v) is 6.90. The Morgan fingerprint density at radius 3 is 1.89 bits per heavy atom. The number of carbonyl (C=O) groups is 1. The van der Waals surface area contributed by atoms with Gasteiger partial charge >= 0.3 is 29.7 Å². The molecule has 0 aliphatic rings. The Kier molecular flexibility index (Phi) is 9.88. The van der Waals surface area contributed by atoms with Crippen LogP contribution >= 0.6 is 0 Å². The molecule has 50 valence electrons. The van der Waals surface area contributed by atoms with E-state index in [0.717, 1.165) is 20.4 Å². The van der Waals surface area contributed by atoms with Crippen LogP contribution in [0, 0.1) is 0 Å². The summed E-state index contributed by atoms with van der Waals surface area (Å²) >= 11 is 0.750. The Morgan fingerprint density at radius 1 is 1.56 bits per heavy atom. The molecule has 0 aliphatic heterocycles. The molecule has 0 aromatic carbocycles. The van der Waals surface area contributed by atoms with E-state index >= 15 is 0 Å². The van der Waals surface area contributed by atoms with Crippen LogP contribution < -0.4 is 0 Å². The Balaban J connectivity index is 0. The van der Waals surface area contributed by atoms with Crippen molar-refractivity contribution in [1.82, 2.24) is 0 Å². The van der Waals surface area contributed by atoms with Gasteiger partial charge in [0.25, 0.3) is 0 Å². The molecule has 0 unspecified atom stereocenters. The summed E-state index contributed by atoms with van der Waals surface area (Å²) in [6.45, 7) is 3.26. The average molecular weight is 164 g/mol. The van der Waals surface area contributed by atoms with E-state index < -0.39 is 5.97 Å². The molecule has 0 rings (SSSR count). The molecule has 0 aromatic rings. The Hall–Kier alpha value is -0.276. The molecule has 0 saturated carbocycles. The van der Waals surface area contributed by atoms with Crippen molar-refractivity contribution in [3.05, 3.63) is 11.6 Å². The fraction of sp³-hybridized carbons (Fsp3) is 0.400. The molecular formula is C5H8O3Ti. The van der Waals surface area contributed by atoms with Crippen molar-refractivity contribution >= 4 is 5.97 Å². The number of allylic oxidation sites excluding steroid dienone is 1. The van der Waals surface area contributed by atoms with Crippen LogP contribution in [-0.2, 0) is 28.5 Å². The molecule has 0 bridgehead atoms. The topological polar surface area (TPSA) is 54.4 Å². The molecule has 3 nitrogen and oxygen atoms in total. The molecule has 0 spiro atoms. The van der Waals surface area contributed by atoms with Crippen molar-refractivity contribution in [2.45, 2.75) is 13.8 Å². The van der Waals surface area contributed by atoms with Gasteiger partial charge in [0, 0.05) is 5.57 Å². The standard InChI is InChI=1S/C5H8O2.O.Ti/c1-3-4(2)5(6)7;;/h3H,1-2H3,(H,6,7);;. The second-order valence-corrected chi connectivity index (χ2v) is 1.28. The number of hydrogen-bond acceptors (Lipinski definition) is 2. The Bertz CT molecular complexity index is 119. The van der Waals surface area contributed by atoms with E-state index in [2.05, 4.69) is 0 Å². The quantitative estimate of drug-likeness (QED) is 0.463. The molecule has 0 atom stereocenters. The second kappa shape index (κ2) is 7.72. The fourth-order valence-electron chi connectivity index (χ4n) is 0.123. The number of hydrogen-bond donors (Lipinski definition) is 1. The number of aliphatic carboxylic acids is 1. The van der Waals surface area contributed by atoms with Gasteiger partial charge in [0.1, 0.15) is 0 Å². The van der Waals surface area contributed by atoms with Gasteiger partial charge in [0.05, 0.1) is 0 Å². The minimum absolute atomic E-state index is 0.389. The van der Waals surface area contributed by atoms with Crippen LogP contribution in [0.1, 0.15) is 13.8 Å². The van der Waals surface area contributed by atoms with Crippen LogP contribution in [0.3, 0.4) is 0 Å². The van der Waals surface area contributed by atoms with Crippen LogP contribution in [0.2, 0.25) is 0 Å². The summed E-state index contributed by atoms with van der Waals surface area (Å²) in [5, 5.41) is 8.11. The summed E-state index contributed by atoms with van der Waals surface area (Å²) in [5.74, 6) is -0.845. The number of carboxylic acid groups (broad SMARTS) is 1. The summed E-state index contributed by atoms with van der Waals surface area (Å²) in [5.41, 5.74) is 0.389. The van der Waals surface area contributed by atoms with Gasteiger partial charge < -0.3 is 5.11 Å². The predicted molar refractivity (Wildman–Crippen MR) is 27.8 cm³/mol. The second-order valence-electron chi connectivity index (χ2n) is 1.28. The Labute approximate surface area is 65.5 Å². The Morgan fingerprint density at radius 2 is 1.89 bits per heavy atom. The van der Waals surface area contributed by atoms with E-state index in [9.17, 15) is 4.79 Å². The van der Waals surface area contributed by atoms with Crippen molar-refractivity contribution in [2.75, 3.05) is 0 Å². The predicted octanol–water partition coefficient (Wildman–Crippen LogP) is 0.916. The van der Waals surface area contributed by atoms with Crippen molar-refractivity contribution in [1.29, 1.82) is 0 Å². The molecule has 0 aliphatic carbocycles. The summed E-state index contributed by atoms with van der Waals surface area (Å²) in [6, 6.07) is 0. The van der Waals surface area contributed by atoms with E-state index in [1.807, 2.05) is 0 Å². The van der Waals surface area contributed by atoms with Crippen molar-refractivity contribution in [2.24, 2.45) is 0 Å².